The Balaban J connectivity index is 2.01. The highest BCUT2D eigenvalue weighted by Crippen LogP contribution is 2.39. The first-order valence-corrected chi connectivity index (χ1v) is 7.74. The smallest absolute Gasteiger partial charge is 0.138 e. The second-order valence-corrected chi connectivity index (χ2v) is 6.27. The zero-order valence-corrected chi connectivity index (χ0v) is 12.5. The maximum atomic E-state index is 7.88. The van der Waals surface area contributed by atoms with Crippen molar-refractivity contribution >= 4 is 11.7 Å². The molecule has 3 N–H and O–H groups in total. The molecule has 1 aromatic rings. The Morgan fingerprint density at radius 2 is 1.95 bits per heavy atom. The van der Waals surface area contributed by atoms with Crippen LogP contribution in [0, 0.1) is 18.3 Å². The molecule has 2 atom stereocenters. The molecular weight excluding hydrogens is 250 g/mol. The molecule has 1 aliphatic carbocycles. The van der Waals surface area contributed by atoms with Gasteiger partial charge in [-0.15, -0.1) is 0 Å². The van der Waals surface area contributed by atoms with Gasteiger partial charge in [0.25, 0.3) is 0 Å². The number of nitrogens with two attached hydrogens (primary N) is 1. The van der Waals surface area contributed by atoms with Crippen LogP contribution in [0.5, 0.6) is 0 Å². The van der Waals surface area contributed by atoms with Crippen LogP contribution in [-0.2, 0) is 7.05 Å². The molecule has 20 heavy (non-hydrogen) atoms. The standard InChI is InChI=1S/C15H25N5/c1-10-13(14(16)17)15(19(2)18-10)20-9-5-7-11-6-3-4-8-12(11)20/h11-12H,3-9H2,1-2H3,(H3,16,17). The minimum Gasteiger partial charge on any atom is -0.384 e. The average Bonchev–Trinajstić information content (AvgIpc) is 2.73. The average molecular weight is 275 g/mol. The van der Waals surface area contributed by atoms with Gasteiger partial charge in [-0.25, -0.2) is 0 Å². The van der Waals surface area contributed by atoms with E-state index in [9.17, 15) is 0 Å². The van der Waals surface area contributed by atoms with Crippen LogP contribution in [0.15, 0.2) is 0 Å². The largest absolute Gasteiger partial charge is 0.384 e. The number of anilines is 1. The Hall–Kier alpha value is -1.52. The van der Waals surface area contributed by atoms with E-state index in [1.54, 1.807) is 0 Å². The van der Waals surface area contributed by atoms with Crippen LogP contribution in [0.2, 0.25) is 0 Å². The van der Waals surface area contributed by atoms with Gasteiger partial charge in [0.15, 0.2) is 0 Å². The molecular formula is C15H25N5. The highest BCUT2D eigenvalue weighted by molar-refractivity contribution is 6.01. The molecule has 0 bridgehead atoms. The van der Waals surface area contributed by atoms with Crippen LogP contribution in [0.1, 0.15) is 49.8 Å². The maximum Gasteiger partial charge on any atom is 0.138 e. The summed E-state index contributed by atoms with van der Waals surface area (Å²) in [6.07, 6.45) is 7.92. The molecule has 1 saturated heterocycles. The van der Waals surface area contributed by atoms with Crippen LogP contribution in [0.4, 0.5) is 5.82 Å². The van der Waals surface area contributed by atoms with Gasteiger partial charge >= 0.3 is 0 Å². The van der Waals surface area contributed by atoms with Crippen molar-refractivity contribution in [3.63, 3.8) is 0 Å². The summed E-state index contributed by atoms with van der Waals surface area (Å²) in [4.78, 5) is 2.49. The summed E-state index contributed by atoms with van der Waals surface area (Å²) in [5.41, 5.74) is 7.51. The fraction of sp³-hybridized carbons (Fsp3) is 0.733. The van der Waals surface area contributed by atoms with Crippen molar-refractivity contribution in [2.45, 2.75) is 51.5 Å². The van der Waals surface area contributed by atoms with Gasteiger partial charge in [-0.1, -0.05) is 12.8 Å². The quantitative estimate of drug-likeness (QED) is 0.642. The topological polar surface area (TPSA) is 70.9 Å². The Kier molecular flexibility index (Phi) is 3.44. The van der Waals surface area contributed by atoms with E-state index >= 15 is 0 Å². The fourth-order valence-electron chi connectivity index (χ4n) is 4.18. The molecule has 0 amide bonds. The van der Waals surface area contributed by atoms with Gasteiger partial charge in [-0.2, -0.15) is 5.10 Å². The fourth-order valence-corrected chi connectivity index (χ4v) is 4.18. The lowest BCUT2D eigenvalue weighted by Crippen LogP contribution is -2.48. The SMILES string of the molecule is Cc1nn(C)c(N2CCCC3CCCCC32)c1C(=N)N. The molecule has 3 rings (SSSR count). The summed E-state index contributed by atoms with van der Waals surface area (Å²) in [5, 5.41) is 12.4. The predicted octanol–water partition coefficient (Wildman–Crippen LogP) is 2.17. The van der Waals surface area contributed by atoms with Gasteiger partial charge in [-0.3, -0.25) is 10.1 Å². The van der Waals surface area contributed by atoms with Crippen LogP contribution >= 0.6 is 0 Å². The van der Waals surface area contributed by atoms with Gasteiger partial charge in [0.05, 0.1) is 11.3 Å². The van der Waals surface area contributed by atoms with Crippen LogP contribution in [-0.4, -0.2) is 28.2 Å². The van der Waals surface area contributed by atoms with Crippen LogP contribution in [0.3, 0.4) is 0 Å². The molecule has 0 radical (unpaired) electrons. The van der Waals surface area contributed by atoms with Crippen molar-refractivity contribution in [1.82, 2.24) is 9.78 Å². The third kappa shape index (κ3) is 2.09. The van der Waals surface area contributed by atoms with E-state index in [-0.39, 0.29) is 5.84 Å². The van der Waals surface area contributed by atoms with Gasteiger partial charge in [0, 0.05) is 19.6 Å². The van der Waals surface area contributed by atoms with E-state index in [2.05, 4.69) is 10.00 Å². The van der Waals surface area contributed by atoms with E-state index in [4.69, 9.17) is 11.1 Å². The molecule has 110 valence electrons. The first-order chi connectivity index (χ1) is 9.59. The molecule has 5 nitrogen and oxygen atoms in total. The van der Waals surface area contributed by atoms with E-state index < -0.39 is 0 Å². The van der Waals surface area contributed by atoms with Crippen molar-refractivity contribution < 1.29 is 0 Å². The molecule has 2 unspecified atom stereocenters. The van der Waals surface area contributed by atoms with Crippen LogP contribution < -0.4 is 10.6 Å². The van der Waals surface area contributed by atoms with Crippen molar-refractivity contribution in [2.75, 3.05) is 11.4 Å². The number of piperidine rings is 1. The lowest BCUT2D eigenvalue weighted by molar-refractivity contribution is 0.241. The number of hydrogen-bond acceptors (Lipinski definition) is 3. The number of fused-ring (bicyclic) bond motifs is 1. The molecule has 0 aromatic carbocycles. The second kappa shape index (κ2) is 5.11. The normalized spacial score (nSPS) is 26.4. The number of aryl methyl sites for hydroxylation is 2. The number of nitrogens with zero attached hydrogens (tertiary/aromatic N) is 3. The third-order valence-corrected chi connectivity index (χ3v) is 4.98. The lowest BCUT2D eigenvalue weighted by atomic mass is 9.78. The first-order valence-electron chi connectivity index (χ1n) is 7.74. The number of nitrogen functional groups attached to an aromatic ring is 1. The Bertz CT molecular complexity index is 517. The highest BCUT2D eigenvalue weighted by Gasteiger charge is 2.36. The van der Waals surface area contributed by atoms with Gasteiger partial charge in [0.1, 0.15) is 11.7 Å². The first kappa shape index (κ1) is 13.5. The van der Waals surface area contributed by atoms with Gasteiger partial charge in [0.2, 0.25) is 0 Å². The molecule has 2 aliphatic rings. The zero-order chi connectivity index (χ0) is 14.3. The molecule has 2 heterocycles. The summed E-state index contributed by atoms with van der Waals surface area (Å²) in [5.74, 6) is 2.02. The van der Waals surface area contributed by atoms with Crippen LogP contribution in [0.25, 0.3) is 0 Å². The molecule has 2 fully saturated rings. The third-order valence-electron chi connectivity index (χ3n) is 4.98. The Labute approximate surface area is 120 Å². The van der Waals surface area contributed by atoms with E-state index in [0.29, 0.717) is 6.04 Å². The number of amidine groups is 1. The van der Waals surface area contributed by atoms with E-state index in [1.807, 2.05) is 18.7 Å². The maximum absolute atomic E-state index is 7.88. The number of rotatable bonds is 2. The van der Waals surface area contributed by atoms with Crippen molar-refractivity contribution in [1.29, 1.82) is 5.41 Å². The minimum absolute atomic E-state index is 0.142. The van der Waals surface area contributed by atoms with Gasteiger partial charge < -0.3 is 10.6 Å². The Morgan fingerprint density at radius 1 is 1.25 bits per heavy atom. The lowest BCUT2D eigenvalue weighted by Gasteiger charge is -2.45. The van der Waals surface area contributed by atoms with Crippen molar-refractivity contribution in [2.24, 2.45) is 18.7 Å². The van der Waals surface area contributed by atoms with Crippen molar-refractivity contribution in [3.05, 3.63) is 11.3 Å². The highest BCUT2D eigenvalue weighted by atomic mass is 15.4. The molecule has 5 heteroatoms. The zero-order valence-electron chi connectivity index (χ0n) is 12.5. The second-order valence-electron chi connectivity index (χ2n) is 6.27. The van der Waals surface area contributed by atoms with E-state index in [1.165, 1.54) is 38.5 Å². The monoisotopic (exact) mass is 275 g/mol. The molecule has 0 spiro atoms. The Morgan fingerprint density at radius 3 is 2.70 bits per heavy atom. The summed E-state index contributed by atoms with van der Waals surface area (Å²) in [7, 11) is 1.97. The summed E-state index contributed by atoms with van der Waals surface area (Å²) in [6.45, 7) is 3.02. The molecule has 1 aromatic heterocycles. The number of hydrogen-bond donors (Lipinski definition) is 2. The number of aromatic nitrogens is 2. The summed E-state index contributed by atoms with van der Waals surface area (Å²) in [6, 6.07) is 0.616. The summed E-state index contributed by atoms with van der Waals surface area (Å²) >= 11 is 0. The minimum atomic E-state index is 0.142. The van der Waals surface area contributed by atoms with E-state index in [0.717, 1.165) is 29.5 Å². The molecule has 1 saturated carbocycles. The number of nitrogens with one attached hydrogen (secondary N) is 1. The summed E-state index contributed by atoms with van der Waals surface area (Å²) < 4.78 is 1.92. The molecule has 1 aliphatic heterocycles. The van der Waals surface area contributed by atoms with Gasteiger partial charge in [-0.05, 0) is 38.5 Å². The van der Waals surface area contributed by atoms with Crippen molar-refractivity contribution in [3.8, 4) is 0 Å². The predicted molar refractivity (Wildman–Crippen MR) is 81.3 cm³/mol.